The summed E-state index contributed by atoms with van der Waals surface area (Å²) in [5, 5.41) is 4.03. The van der Waals surface area contributed by atoms with Crippen LogP contribution in [0.4, 0.5) is 0 Å². The molecule has 1 saturated heterocycles. The lowest BCUT2D eigenvalue weighted by Gasteiger charge is -2.35. The normalized spacial score (nSPS) is 17.9. The molecule has 3 rings (SSSR count). The molecular weight excluding hydrogens is 302 g/mol. The fourth-order valence-corrected chi connectivity index (χ4v) is 3.29. The van der Waals surface area contributed by atoms with Crippen LogP contribution in [0.2, 0.25) is 0 Å². The number of piperidine rings is 1. The van der Waals surface area contributed by atoms with Gasteiger partial charge in [0.15, 0.2) is 0 Å². The minimum Gasteiger partial charge on any atom is -0.340 e. The number of rotatable bonds is 5. The number of likely N-dealkylation sites (tertiary alicyclic amines) is 1. The van der Waals surface area contributed by atoms with Crippen molar-refractivity contribution in [2.45, 2.75) is 58.4 Å². The number of nitrogens with zero attached hydrogens (tertiary/aromatic N) is 3. The Morgan fingerprint density at radius 2 is 2.08 bits per heavy atom. The van der Waals surface area contributed by atoms with Crippen molar-refractivity contribution < 1.29 is 9.32 Å². The van der Waals surface area contributed by atoms with Gasteiger partial charge in [0.25, 0.3) is 0 Å². The second kappa shape index (κ2) is 7.60. The molecule has 1 aromatic carbocycles. The molecule has 1 aromatic heterocycles. The first-order chi connectivity index (χ1) is 11.7. The van der Waals surface area contributed by atoms with Crippen LogP contribution in [-0.4, -0.2) is 33.5 Å². The molecule has 0 aliphatic carbocycles. The van der Waals surface area contributed by atoms with Gasteiger partial charge < -0.3 is 9.42 Å². The van der Waals surface area contributed by atoms with Gasteiger partial charge in [-0.3, -0.25) is 4.79 Å². The van der Waals surface area contributed by atoms with Gasteiger partial charge in [-0.15, -0.1) is 0 Å². The summed E-state index contributed by atoms with van der Waals surface area (Å²) in [6.45, 7) is 5.08. The highest BCUT2D eigenvalue weighted by molar-refractivity contribution is 5.76. The first-order valence-electron chi connectivity index (χ1n) is 8.86. The maximum absolute atomic E-state index is 12.5. The third-order valence-corrected chi connectivity index (χ3v) is 4.75. The number of amides is 1. The van der Waals surface area contributed by atoms with E-state index in [4.69, 9.17) is 4.52 Å². The molecule has 1 aliphatic rings. The number of carbonyl (C=O) groups excluding carboxylic acids is 1. The monoisotopic (exact) mass is 327 g/mol. The van der Waals surface area contributed by atoms with Crippen LogP contribution in [0.3, 0.4) is 0 Å². The summed E-state index contributed by atoms with van der Waals surface area (Å²) in [6.07, 6.45) is 5.44. The van der Waals surface area contributed by atoms with Gasteiger partial charge in [0.05, 0.1) is 0 Å². The quantitative estimate of drug-likeness (QED) is 0.839. The average Bonchev–Trinajstić information content (AvgIpc) is 3.09. The maximum atomic E-state index is 12.5. The van der Waals surface area contributed by atoms with Crippen LogP contribution in [-0.2, 0) is 11.2 Å². The number of hydrogen-bond donors (Lipinski definition) is 0. The van der Waals surface area contributed by atoms with Crippen LogP contribution in [0.1, 0.15) is 50.5 Å². The number of aryl methyl sites for hydroxylation is 2. The van der Waals surface area contributed by atoms with Crippen LogP contribution in [0.5, 0.6) is 0 Å². The molecule has 1 aliphatic heterocycles. The highest BCUT2D eigenvalue weighted by atomic mass is 16.5. The van der Waals surface area contributed by atoms with E-state index in [1.54, 1.807) is 0 Å². The lowest BCUT2D eigenvalue weighted by Crippen LogP contribution is -2.43. The zero-order valence-corrected chi connectivity index (χ0v) is 14.5. The van der Waals surface area contributed by atoms with Gasteiger partial charge in [0.2, 0.25) is 17.6 Å². The SMILES string of the molecule is CCC1CCCCN1C(=O)CCc1nc(-c2ccc(C)cc2)no1. The summed E-state index contributed by atoms with van der Waals surface area (Å²) in [5.74, 6) is 1.32. The number of hydrogen-bond acceptors (Lipinski definition) is 4. The van der Waals surface area contributed by atoms with E-state index < -0.39 is 0 Å². The zero-order valence-electron chi connectivity index (χ0n) is 14.5. The van der Waals surface area contributed by atoms with Crippen molar-refractivity contribution in [3.05, 3.63) is 35.7 Å². The summed E-state index contributed by atoms with van der Waals surface area (Å²) in [6, 6.07) is 8.41. The second-order valence-corrected chi connectivity index (χ2v) is 6.52. The standard InChI is InChI=1S/C19H25N3O2/c1-3-16-6-4-5-13-22(16)18(23)12-11-17-20-19(21-24-17)15-9-7-14(2)8-10-15/h7-10,16H,3-6,11-13H2,1-2H3. The highest BCUT2D eigenvalue weighted by Crippen LogP contribution is 2.21. The molecule has 0 saturated carbocycles. The van der Waals surface area contributed by atoms with Crippen LogP contribution < -0.4 is 0 Å². The van der Waals surface area contributed by atoms with Gasteiger partial charge in [-0.2, -0.15) is 4.98 Å². The van der Waals surface area contributed by atoms with E-state index in [9.17, 15) is 4.79 Å². The maximum Gasteiger partial charge on any atom is 0.227 e. The van der Waals surface area contributed by atoms with E-state index in [-0.39, 0.29) is 5.91 Å². The van der Waals surface area contributed by atoms with Crippen LogP contribution >= 0.6 is 0 Å². The van der Waals surface area contributed by atoms with E-state index in [2.05, 4.69) is 17.1 Å². The van der Waals surface area contributed by atoms with Crippen molar-refractivity contribution in [3.63, 3.8) is 0 Å². The van der Waals surface area contributed by atoms with Gasteiger partial charge >= 0.3 is 0 Å². The Morgan fingerprint density at radius 3 is 2.83 bits per heavy atom. The summed E-state index contributed by atoms with van der Waals surface area (Å²) in [7, 11) is 0. The molecule has 24 heavy (non-hydrogen) atoms. The first-order valence-corrected chi connectivity index (χ1v) is 8.86. The van der Waals surface area contributed by atoms with Crippen molar-refractivity contribution in [1.82, 2.24) is 15.0 Å². The molecule has 1 amide bonds. The van der Waals surface area contributed by atoms with Crippen molar-refractivity contribution in [3.8, 4) is 11.4 Å². The number of benzene rings is 1. The molecule has 2 aromatic rings. The van der Waals surface area contributed by atoms with Gasteiger partial charge in [0.1, 0.15) is 0 Å². The third kappa shape index (κ3) is 3.83. The summed E-state index contributed by atoms with van der Waals surface area (Å²) < 4.78 is 5.31. The smallest absolute Gasteiger partial charge is 0.227 e. The minimum atomic E-state index is 0.205. The van der Waals surface area contributed by atoms with Crippen molar-refractivity contribution in [2.75, 3.05) is 6.54 Å². The fourth-order valence-electron chi connectivity index (χ4n) is 3.29. The molecule has 128 valence electrons. The average molecular weight is 327 g/mol. The Kier molecular flexibility index (Phi) is 5.28. The molecule has 2 heterocycles. The lowest BCUT2D eigenvalue weighted by atomic mass is 9.99. The Balaban J connectivity index is 1.59. The molecule has 1 atom stereocenters. The molecule has 5 nitrogen and oxygen atoms in total. The van der Waals surface area contributed by atoms with Crippen LogP contribution in [0.15, 0.2) is 28.8 Å². The molecule has 0 bridgehead atoms. The largest absolute Gasteiger partial charge is 0.340 e. The van der Waals surface area contributed by atoms with E-state index in [0.717, 1.165) is 31.4 Å². The number of aromatic nitrogens is 2. The molecular formula is C19H25N3O2. The predicted molar refractivity (Wildman–Crippen MR) is 92.4 cm³/mol. The van der Waals surface area contributed by atoms with Gasteiger partial charge in [-0.25, -0.2) is 0 Å². The van der Waals surface area contributed by atoms with Crippen molar-refractivity contribution >= 4 is 5.91 Å². The highest BCUT2D eigenvalue weighted by Gasteiger charge is 2.25. The third-order valence-electron chi connectivity index (χ3n) is 4.75. The minimum absolute atomic E-state index is 0.205. The second-order valence-electron chi connectivity index (χ2n) is 6.52. The topological polar surface area (TPSA) is 59.2 Å². The van der Waals surface area contributed by atoms with E-state index >= 15 is 0 Å². The van der Waals surface area contributed by atoms with E-state index in [0.29, 0.717) is 30.6 Å². The molecule has 5 heteroatoms. The molecule has 0 N–H and O–H groups in total. The first kappa shape index (κ1) is 16.7. The fraction of sp³-hybridized carbons (Fsp3) is 0.526. The van der Waals surface area contributed by atoms with Gasteiger partial charge in [-0.1, -0.05) is 41.9 Å². The molecule has 0 spiro atoms. The summed E-state index contributed by atoms with van der Waals surface area (Å²) >= 11 is 0. The van der Waals surface area contributed by atoms with E-state index in [1.165, 1.54) is 12.0 Å². The van der Waals surface area contributed by atoms with Crippen molar-refractivity contribution in [1.29, 1.82) is 0 Å². The van der Waals surface area contributed by atoms with Crippen LogP contribution in [0.25, 0.3) is 11.4 Å². The molecule has 1 fully saturated rings. The predicted octanol–water partition coefficient (Wildman–Crippen LogP) is 3.77. The molecule has 1 unspecified atom stereocenters. The van der Waals surface area contributed by atoms with Crippen molar-refractivity contribution in [2.24, 2.45) is 0 Å². The number of carbonyl (C=O) groups is 1. The summed E-state index contributed by atoms with van der Waals surface area (Å²) in [4.78, 5) is 19.0. The lowest BCUT2D eigenvalue weighted by molar-refractivity contribution is -0.135. The van der Waals surface area contributed by atoms with Gasteiger partial charge in [-0.05, 0) is 32.6 Å². The summed E-state index contributed by atoms with van der Waals surface area (Å²) in [5.41, 5.74) is 2.13. The zero-order chi connectivity index (χ0) is 16.9. The Labute approximate surface area is 143 Å². The Morgan fingerprint density at radius 1 is 1.29 bits per heavy atom. The Bertz CT molecular complexity index is 678. The van der Waals surface area contributed by atoms with Crippen LogP contribution in [0, 0.1) is 6.92 Å². The van der Waals surface area contributed by atoms with Gasteiger partial charge in [0, 0.05) is 31.0 Å². The van der Waals surface area contributed by atoms with E-state index in [1.807, 2.05) is 36.1 Å². The Hall–Kier alpha value is -2.17. The molecule has 0 radical (unpaired) electrons.